The van der Waals surface area contributed by atoms with Crippen molar-refractivity contribution >= 4 is 11.0 Å². The Morgan fingerprint density at radius 1 is 0.960 bits per heavy atom. The molecule has 2 aromatic carbocycles. The number of phenolic OH excluding ortho intramolecular Hbond substituents is 2. The van der Waals surface area contributed by atoms with Crippen LogP contribution in [0.15, 0.2) is 45.6 Å². The van der Waals surface area contributed by atoms with Gasteiger partial charge in [0.2, 0.25) is 0 Å². The quantitative estimate of drug-likeness (QED) is 0.741. The SMILES string of the molecule is COc1ccc(CCc2cc(=O)c3cc(OC)c(O)cc3o2)c(O)c1. The molecule has 2 N–H and O–H groups in total. The fourth-order valence-electron chi connectivity index (χ4n) is 2.65. The van der Waals surface area contributed by atoms with Crippen molar-refractivity contribution in [1.29, 1.82) is 0 Å². The van der Waals surface area contributed by atoms with E-state index in [1.54, 1.807) is 12.1 Å². The summed E-state index contributed by atoms with van der Waals surface area (Å²) in [7, 11) is 2.95. The van der Waals surface area contributed by atoms with Gasteiger partial charge in [-0.25, -0.2) is 0 Å². The molecule has 0 unspecified atom stereocenters. The average molecular weight is 342 g/mol. The summed E-state index contributed by atoms with van der Waals surface area (Å²) >= 11 is 0. The normalized spacial score (nSPS) is 10.8. The summed E-state index contributed by atoms with van der Waals surface area (Å²) in [6.45, 7) is 0. The molecular weight excluding hydrogens is 324 g/mol. The molecule has 0 aliphatic carbocycles. The van der Waals surface area contributed by atoms with Crippen LogP contribution in [0.5, 0.6) is 23.0 Å². The minimum atomic E-state index is -0.214. The second-order valence-electron chi connectivity index (χ2n) is 5.59. The maximum Gasteiger partial charge on any atom is 0.193 e. The second-order valence-corrected chi connectivity index (χ2v) is 5.59. The van der Waals surface area contributed by atoms with Gasteiger partial charge in [-0.05, 0) is 24.1 Å². The van der Waals surface area contributed by atoms with Crippen LogP contribution in [-0.4, -0.2) is 24.4 Å². The first kappa shape index (κ1) is 16.7. The van der Waals surface area contributed by atoms with Crippen LogP contribution in [0.3, 0.4) is 0 Å². The van der Waals surface area contributed by atoms with E-state index in [0.29, 0.717) is 35.3 Å². The van der Waals surface area contributed by atoms with Crippen LogP contribution in [0.2, 0.25) is 0 Å². The van der Waals surface area contributed by atoms with Crippen molar-refractivity contribution in [2.45, 2.75) is 12.8 Å². The molecule has 3 aromatic rings. The molecule has 0 saturated carbocycles. The maximum absolute atomic E-state index is 12.3. The van der Waals surface area contributed by atoms with E-state index in [4.69, 9.17) is 13.9 Å². The summed E-state index contributed by atoms with van der Waals surface area (Å²) in [5.41, 5.74) is 0.800. The first-order valence-corrected chi connectivity index (χ1v) is 7.71. The van der Waals surface area contributed by atoms with E-state index in [1.807, 2.05) is 0 Å². The van der Waals surface area contributed by atoms with Gasteiger partial charge in [-0.2, -0.15) is 0 Å². The fourth-order valence-corrected chi connectivity index (χ4v) is 2.65. The van der Waals surface area contributed by atoms with Gasteiger partial charge in [0.05, 0.1) is 19.6 Å². The van der Waals surface area contributed by atoms with Crippen LogP contribution in [-0.2, 0) is 12.8 Å². The first-order valence-electron chi connectivity index (χ1n) is 7.71. The molecule has 0 bridgehead atoms. The van der Waals surface area contributed by atoms with E-state index in [9.17, 15) is 15.0 Å². The van der Waals surface area contributed by atoms with E-state index in [1.165, 1.54) is 38.5 Å². The number of rotatable bonds is 5. The van der Waals surface area contributed by atoms with Crippen molar-refractivity contribution in [2.75, 3.05) is 14.2 Å². The van der Waals surface area contributed by atoms with Crippen LogP contribution in [0, 0.1) is 0 Å². The van der Waals surface area contributed by atoms with Crippen LogP contribution in [0.4, 0.5) is 0 Å². The predicted octanol–water partition coefficient (Wildman–Crippen LogP) is 3.01. The lowest BCUT2D eigenvalue weighted by molar-refractivity contribution is 0.373. The molecule has 0 saturated heterocycles. The average Bonchev–Trinajstić information content (AvgIpc) is 2.60. The Hall–Kier alpha value is -3.15. The Bertz CT molecular complexity index is 974. The molecule has 0 atom stereocenters. The lowest BCUT2D eigenvalue weighted by Gasteiger charge is -2.08. The van der Waals surface area contributed by atoms with E-state index >= 15 is 0 Å². The van der Waals surface area contributed by atoms with Crippen LogP contribution in [0.25, 0.3) is 11.0 Å². The monoisotopic (exact) mass is 342 g/mol. The number of hydrogen-bond acceptors (Lipinski definition) is 6. The number of fused-ring (bicyclic) bond motifs is 1. The van der Waals surface area contributed by atoms with Crippen molar-refractivity contribution in [1.82, 2.24) is 0 Å². The molecule has 3 rings (SSSR count). The summed E-state index contributed by atoms with van der Waals surface area (Å²) in [4.78, 5) is 12.3. The number of ether oxygens (including phenoxy) is 2. The van der Waals surface area contributed by atoms with Gasteiger partial charge < -0.3 is 24.1 Å². The largest absolute Gasteiger partial charge is 0.508 e. The highest BCUT2D eigenvalue weighted by molar-refractivity contribution is 5.80. The van der Waals surface area contributed by atoms with E-state index < -0.39 is 0 Å². The molecule has 130 valence electrons. The highest BCUT2D eigenvalue weighted by Gasteiger charge is 2.11. The Labute approximate surface area is 143 Å². The zero-order valence-electron chi connectivity index (χ0n) is 13.9. The van der Waals surface area contributed by atoms with Crippen molar-refractivity contribution in [3.05, 3.63) is 57.9 Å². The number of aryl methyl sites for hydroxylation is 2. The number of phenols is 2. The standard InChI is InChI=1S/C19H18O6/c1-23-12-5-3-11(15(20)7-12)4-6-13-8-16(21)14-9-19(24-2)17(22)10-18(14)25-13/h3,5,7-10,20,22H,4,6H2,1-2H3. The Balaban J connectivity index is 1.88. The fraction of sp³-hybridized carbons (Fsp3) is 0.211. The number of methoxy groups -OCH3 is 2. The van der Waals surface area contributed by atoms with Crippen LogP contribution < -0.4 is 14.9 Å². The van der Waals surface area contributed by atoms with Gasteiger partial charge in [-0.1, -0.05) is 6.07 Å². The van der Waals surface area contributed by atoms with Gasteiger partial charge in [-0.15, -0.1) is 0 Å². The second kappa shape index (κ2) is 6.76. The van der Waals surface area contributed by atoms with Crippen LogP contribution >= 0.6 is 0 Å². The number of aromatic hydroxyl groups is 2. The Kier molecular flexibility index (Phi) is 4.52. The van der Waals surface area contributed by atoms with Gasteiger partial charge in [0.15, 0.2) is 16.9 Å². The van der Waals surface area contributed by atoms with Crippen molar-refractivity contribution in [3.8, 4) is 23.0 Å². The summed E-state index contributed by atoms with van der Waals surface area (Å²) in [6, 6.07) is 9.30. The lowest BCUT2D eigenvalue weighted by Crippen LogP contribution is -2.04. The van der Waals surface area contributed by atoms with Gasteiger partial charge >= 0.3 is 0 Å². The third kappa shape index (κ3) is 3.38. The molecule has 0 radical (unpaired) electrons. The molecular formula is C19H18O6. The van der Waals surface area contributed by atoms with Crippen molar-refractivity contribution in [3.63, 3.8) is 0 Å². The first-order chi connectivity index (χ1) is 12.0. The third-order valence-corrected chi connectivity index (χ3v) is 4.01. The minimum Gasteiger partial charge on any atom is -0.508 e. The van der Waals surface area contributed by atoms with Crippen molar-refractivity contribution < 1.29 is 24.1 Å². The van der Waals surface area contributed by atoms with Gasteiger partial charge in [0.25, 0.3) is 0 Å². The predicted molar refractivity (Wildman–Crippen MR) is 92.8 cm³/mol. The molecule has 6 nitrogen and oxygen atoms in total. The lowest BCUT2D eigenvalue weighted by atomic mass is 10.1. The van der Waals surface area contributed by atoms with Crippen molar-refractivity contribution in [2.24, 2.45) is 0 Å². The molecule has 0 aliphatic rings. The van der Waals surface area contributed by atoms with Gasteiger partial charge in [0, 0.05) is 24.6 Å². The number of hydrogen-bond donors (Lipinski definition) is 2. The molecule has 0 fully saturated rings. The molecule has 0 amide bonds. The minimum absolute atomic E-state index is 0.0944. The molecule has 1 aromatic heterocycles. The summed E-state index contributed by atoms with van der Waals surface area (Å²) in [5.74, 6) is 1.30. The summed E-state index contributed by atoms with van der Waals surface area (Å²) < 4.78 is 15.8. The molecule has 0 aliphatic heterocycles. The summed E-state index contributed by atoms with van der Waals surface area (Å²) in [6.07, 6.45) is 0.921. The molecule has 0 spiro atoms. The zero-order valence-corrected chi connectivity index (χ0v) is 13.9. The zero-order chi connectivity index (χ0) is 18.0. The Morgan fingerprint density at radius 2 is 1.76 bits per heavy atom. The molecule has 1 heterocycles. The third-order valence-electron chi connectivity index (χ3n) is 4.01. The van der Waals surface area contributed by atoms with Gasteiger partial charge in [0.1, 0.15) is 22.8 Å². The highest BCUT2D eigenvalue weighted by Crippen LogP contribution is 2.30. The number of benzene rings is 2. The highest BCUT2D eigenvalue weighted by atomic mass is 16.5. The van der Waals surface area contributed by atoms with Gasteiger partial charge in [-0.3, -0.25) is 4.79 Å². The molecule has 6 heteroatoms. The van der Waals surface area contributed by atoms with Crippen LogP contribution in [0.1, 0.15) is 11.3 Å². The smallest absolute Gasteiger partial charge is 0.193 e. The van der Waals surface area contributed by atoms with E-state index in [0.717, 1.165) is 5.56 Å². The van der Waals surface area contributed by atoms with E-state index in [-0.39, 0.29) is 22.7 Å². The Morgan fingerprint density at radius 3 is 2.44 bits per heavy atom. The summed E-state index contributed by atoms with van der Waals surface area (Å²) in [5, 5.41) is 20.2. The topological polar surface area (TPSA) is 89.1 Å². The molecule has 25 heavy (non-hydrogen) atoms. The van der Waals surface area contributed by atoms with E-state index in [2.05, 4.69) is 0 Å². The maximum atomic E-state index is 12.3.